The highest BCUT2D eigenvalue weighted by molar-refractivity contribution is 5.99. The predicted molar refractivity (Wildman–Crippen MR) is 116 cm³/mol. The molecule has 0 saturated carbocycles. The van der Waals surface area contributed by atoms with Crippen LogP contribution in [0.3, 0.4) is 0 Å². The van der Waals surface area contributed by atoms with Crippen LogP contribution in [-0.2, 0) is 23.9 Å². The first-order valence-corrected chi connectivity index (χ1v) is 11.9. The molecule has 0 aromatic rings. The quantitative estimate of drug-likeness (QED) is 0.344. The van der Waals surface area contributed by atoms with Gasteiger partial charge in [0.1, 0.15) is 24.2 Å². The van der Waals surface area contributed by atoms with Gasteiger partial charge in [0.25, 0.3) is 0 Å². The van der Waals surface area contributed by atoms with E-state index in [4.69, 9.17) is 14.6 Å². The third kappa shape index (κ3) is 3.67. The maximum atomic E-state index is 13.9. The molecule has 0 aromatic carbocycles. The van der Waals surface area contributed by atoms with E-state index in [-0.39, 0.29) is 31.1 Å². The molecule has 32 heavy (non-hydrogen) atoms. The van der Waals surface area contributed by atoms with Gasteiger partial charge in [-0.25, -0.2) is 0 Å². The van der Waals surface area contributed by atoms with Crippen molar-refractivity contribution < 1.29 is 29.0 Å². The van der Waals surface area contributed by atoms with Crippen LogP contribution in [0, 0.1) is 11.8 Å². The Kier molecular flexibility index (Phi) is 6.72. The van der Waals surface area contributed by atoms with Crippen LogP contribution in [-0.4, -0.2) is 82.8 Å². The van der Waals surface area contributed by atoms with Crippen molar-refractivity contribution in [3.05, 3.63) is 24.3 Å². The molecule has 1 spiro atoms. The third-order valence-corrected chi connectivity index (χ3v) is 7.24. The van der Waals surface area contributed by atoms with Gasteiger partial charge in [-0.05, 0) is 38.7 Å². The number of carbonyl (C=O) groups excluding carboxylic acids is 3. The maximum Gasteiger partial charge on any atom is 0.313 e. The van der Waals surface area contributed by atoms with Gasteiger partial charge in [0.2, 0.25) is 11.8 Å². The molecule has 6 atom stereocenters. The van der Waals surface area contributed by atoms with E-state index in [9.17, 15) is 14.4 Å². The van der Waals surface area contributed by atoms with Crippen molar-refractivity contribution in [1.82, 2.24) is 9.80 Å². The number of aliphatic hydroxyl groups is 1. The minimum absolute atomic E-state index is 0.0365. The molecule has 0 radical (unpaired) electrons. The van der Waals surface area contributed by atoms with Gasteiger partial charge in [-0.3, -0.25) is 14.4 Å². The molecule has 8 heteroatoms. The lowest BCUT2D eigenvalue weighted by Gasteiger charge is -2.37. The van der Waals surface area contributed by atoms with Gasteiger partial charge >= 0.3 is 5.97 Å². The first-order valence-electron chi connectivity index (χ1n) is 11.9. The van der Waals surface area contributed by atoms with Crippen LogP contribution in [0.25, 0.3) is 0 Å². The second-order valence-electron chi connectivity index (χ2n) is 9.25. The molecule has 2 unspecified atom stereocenters. The zero-order chi connectivity index (χ0) is 22.9. The second-order valence-corrected chi connectivity index (χ2v) is 9.25. The molecule has 0 bridgehead atoms. The standard InChI is InChI=1S/C24H34N2O6/c1-3-9-16(2)25-13-8-11-24-19(18-17(32-24)10-7-15-31-23(18)30)21(28)26(20(24)22(25)29)12-5-4-6-14-27/h7-8,10-11,16-20,27H,3-6,9,12-15H2,1-2H3/t16?,17-,18+,19-,20?,24-/m0/s1. The van der Waals surface area contributed by atoms with Crippen molar-refractivity contribution in [2.45, 2.75) is 69.7 Å². The molecule has 4 aliphatic rings. The highest BCUT2D eigenvalue weighted by atomic mass is 16.6. The minimum Gasteiger partial charge on any atom is -0.461 e. The summed E-state index contributed by atoms with van der Waals surface area (Å²) in [6, 6.07) is -0.769. The SMILES string of the molecule is CCCC(C)N1CC=C[C@]23O[C@H]4C=CCOC(=O)[C@H]4[C@H]2C(=O)N(CCCCCO)C3C1=O. The lowest BCUT2D eigenvalue weighted by molar-refractivity contribution is -0.153. The van der Waals surface area contributed by atoms with Crippen LogP contribution >= 0.6 is 0 Å². The Morgan fingerprint density at radius 2 is 2.00 bits per heavy atom. The molecule has 2 saturated heterocycles. The second kappa shape index (κ2) is 9.35. The molecular formula is C24H34N2O6. The summed E-state index contributed by atoms with van der Waals surface area (Å²) in [7, 11) is 0. The summed E-state index contributed by atoms with van der Waals surface area (Å²) in [6.07, 6.45) is 10.6. The third-order valence-electron chi connectivity index (χ3n) is 7.24. The summed E-state index contributed by atoms with van der Waals surface area (Å²) in [4.78, 5) is 44.0. The largest absolute Gasteiger partial charge is 0.461 e. The zero-order valence-electron chi connectivity index (χ0n) is 18.9. The van der Waals surface area contributed by atoms with Crippen molar-refractivity contribution in [1.29, 1.82) is 0 Å². The Morgan fingerprint density at radius 3 is 2.75 bits per heavy atom. The van der Waals surface area contributed by atoms with Gasteiger partial charge < -0.3 is 24.4 Å². The highest BCUT2D eigenvalue weighted by Gasteiger charge is 2.71. The predicted octanol–water partition coefficient (Wildman–Crippen LogP) is 1.43. The number of ether oxygens (including phenoxy) is 2. The molecular weight excluding hydrogens is 412 g/mol. The molecule has 4 heterocycles. The van der Waals surface area contributed by atoms with Crippen molar-refractivity contribution in [3.8, 4) is 0 Å². The van der Waals surface area contributed by atoms with E-state index in [1.807, 2.05) is 24.0 Å². The minimum atomic E-state index is -1.18. The van der Waals surface area contributed by atoms with Gasteiger partial charge in [-0.15, -0.1) is 0 Å². The van der Waals surface area contributed by atoms with Crippen LogP contribution < -0.4 is 0 Å². The van der Waals surface area contributed by atoms with E-state index in [2.05, 4.69) is 6.92 Å². The number of nitrogens with zero attached hydrogens (tertiary/aromatic N) is 2. The van der Waals surface area contributed by atoms with Crippen LogP contribution in [0.2, 0.25) is 0 Å². The Bertz CT molecular complexity index is 810. The van der Waals surface area contributed by atoms with Gasteiger partial charge in [0, 0.05) is 25.7 Å². The lowest BCUT2D eigenvalue weighted by atomic mass is 9.78. The van der Waals surface area contributed by atoms with Crippen LogP contribution in [0.1, 0.15) is 46.0 Å². The average Bonchev–Trinajstić information content (AvgIpc) is 3.05. The van der Waals surface area contributed by atoms with Crippen molar-refractivity contribution in [3.63, 3.8) is 0 Å². The summed E-state index contributed by atoms with van der Waals surface area (Å²) in [6.45, 7) is 5.23. The Hall–Kier alpha value is -2.19. The fourth-order valence-electron chi connectivity index (χ4n) is 5.77. The summed E-state index contributed by atoms with van der Waals surface area (Å²) < 4.78 is 11.8. The molecule has 2 amide bonds. The molecule has 4 rings (SSSR count). The summed E-state index contributed by atoms with van der Waals surface area (Å²) in [5, 5.41) is 9.11. The number of hydrogen-bond acceptors (Lipinski definition) is 6. The van der Waals surface area contributed by atoms with Crippen LogP contribution in [0.5, 0.6) is 0 Å². The fourth-order valence-corrected chi connectivity index (χ4v) is 5.77. The Balaban J connectivity index is 1.73. The van der Waals surface area contributed by atoms with Crippen LogP contribution in [0.4, 0.5) is 0 Å². The molecule has 4 aliphatic heterocycles. The van der Waals surface area contributed by atoms with Crippen molar-refractivity contribution in [2.75, 3.05) is 26.3 Å². The molecule has 8 nitrogen and oxygen atoms in total. The lowest BCUT2D eigenvalue weighted by Crippen LogP contribution is -2.56. The zero-order valence-corrected chi connectivity index (χ0v) is 18.9. The number of fused-ring (bicyclic) bond motifs is 2. The van der Waals surface area contributed by atoms with E-state index in [0.29, 0.717) is 25.9 Å². The fraction of sp³-hybridized carbons (Fsp3) is 0.708. The van der Waals surface area contributed by atoms with Gasteiger partial charge in [0.15, 0.2) is 0 Å². The summed E-state index contributed by atoms with van der Waals surface area (Å²) >= 11 is 0. The smallest absolute Gasteiger partial charge is 0.313 e. The first-order chi connectivity index (χ1) is 15.5. The van der Waals surface area contributed by atoms with Gasteiger partial charge in [-0.2, -0.15) is 0 Å². The molecule has 176 valence electrons. The van der Waals surface area contributed by atoms with E-state index >= 15 is 0 Å². The number of esters is 1. The molecule has 2 fully saturated rings. The first kappa shape index (κ1) is 23.0. The van der Waals surface area contributed by atoms with E-state index in [1.54, 1.807) is 17.1 Å². The Labute approximate surface area is 189 Å². The molecule has 0 aromatic heterocycles. The monoisotopic (exact) mass is 446 g/mol. The Morgan fingerprint density at radius 1 is 1.19 bits per heavy atom. The number of likely N-dealkylation sites (tertiary alicyclic amines) is 1. The number of cyclic esters (lactones) is 1. The number of unbranched alkanes of at least 4 members (excludes halogenated alkanes) is 2. The van der Waals surface area contributed by atoms with E-state index < -0.39 is 35.6 Å². The topological polar surface area (TPSA) is 96.4 Å². The van der Waals surface area contributed by atoms with Crippen molar-refractivity contribution in [2.24, 2.45) is 11.8 Å². The number of hydrogen-bond donors (Lipinski definition) is 1. The molecule has 0 aliphatic carbocycles. The number of carbonyl (C=O) groups is 3. The van der Waals surface area contributed by atoms with Crippen molar-refractivity contribution >= 4 is 17.8 Å². The average molecular weight is 447 g/mol. The number of rotatable bonds is 8. The normalized spacial score (nSPS) is 34.7. The summed E-state index contributed by atoms with van der Waals surface area (Å²) in [5.74, 6) is -2.34. The maximum absolute atomic E-state index is 13.9. The van der Waals surface area contributed by atoms with Crippen LogP contribution in [0.15, 0.2) is 24.3 Å². The summed E-state index contributed by atoms with van der Waals surface area (Å²) in [5.41, 5.74) is -1.18. The van der Waals surface area contributed by atoms with Gasteiger partial charge in [-0.1, -0.05) is 31.6 Å². The van der Waals surface area contributed by atoms with E-state index in [0.717, 1.165) is 19.3 Å². The number of aliphatic hydroxyl groups excluding tert-OH is 1. The number of amides is 2. The van der Waals surface area contributed by atoms with E-state index in [1.165, 1.54) is 0 Å². The van der Waals surface area contributed by atoms with Gasteiger partial charge in [0.05, 0.1) is 12.0 Å². The molecule has 1 N–H and O–H groups in total. The highest BCUT2D eigenvalue weighted by Crippen LogP contribution is 2.53.